The molecule has 1 aliphatic carbocycles. The number of carbonyl (C=O) groups excluding carboxylic acids is 4. The van der Waals surface area contributed by atoms with Gasteiger partial charge in [-0.3, -0.25) is 19.3 Å². The van der Waals surface area contributed by atoms with Gasteiger partial charge in [-0.15, -0.1) is 0 Å². The maximum absolute atomic E-state index is 14.3. The Hall–Kier alpha value is -3.80. The van der Waals surface area contributed by atoms with Gasteiger partial charge in [0.1, 0.15) is 24.4 Å². The van der Waals surface area contributed by atoms with Crippen molar-refractivity contribution in [3.05, 3.63) is 64.9 Å². The highest BCUT2D eigenvalue weighted by molar-refractivity contribution is 6.31. The Balaban J connectivity index is 1.71. The second-order valence-corrected chi connectivity index (χ2v) is 9.68. The highest BCUT2D eigenvalue weighted by Gasteiger charge is 2.48. The molecule has 39 heavy (non-hydrogen) atoms. The average Bonchev–Trinajstić information content (AvgIpc) is 3.21. The van der Waals surface area contributed by atoms with Crippen LogP contribution in [0, 0.1) is 5.82 Å². The molecule has 1 aliphatic heterocycles. The van der Waals surface area contributed by atoms with E-state index in [0.29, 0.717) is 0 Å². The lowest BCUT2D eigenvalue weighted by Crippen LogP contribution is -2.56. The Kier molecular flexibility index (Phi) is 8.34. The van der Waals surface area contributed by atoms with E-state index in [9.17, 15) is 32.3 Å². The van der Waals surface area contributed by atoms with Crippen molar-refractivity contribution in [2.24, 2.45) is 0 Å². The quantitative estimate of drug-likeness (QED) is 0.452. The summed E-state index contributed by atoms with van der Waals surface area (Å²) >= 11 is 6.41. The number of nitrogens with one attached hydrogen (secondary N) is 2. The summed E-state index contributed by atoms with van der Waals surface area (Å²) in [5.41, 5.74) is 0.130. The number of ether oxygens (including phenoxy) is 1. The van der Waals surface area contributed by atoms with Crippen LogP contribution in [-0.4, -0.2) is 66.4 Å². The van der Waals surface area contributed by atoms with Crippen molar-refractivity contribution in [1.82, 2.24) is 15.5 Å². The number of halogens is 4. The minimum atomic E-state index is -2.91. The molecule has 208 valence electrons. The van der Waals surface area contributed by atoms with Crippen molar-refractivity contribution in [2.45, 2.75) is 43.8 Å². The van der Waals surface area contributed by atoms with Gasteiger partial charge in [-0.05, 0) is 31.2 Å². The van der Waals surface area contributed by atoms with Crippen LogP contribution in [-0.2, 0) is 19.1 Å². The van der Waals surface area contributed by atoms with E-state index in [4.69, 9.17) is 16.3 Å². The van der Waals surface area contributed by atoms with E-state index in [2.05, 4.69) is 10.6 Å². The SMILES string of the molecule is CCOC(=O)CN1C[C@@H](C(=O)N(c2cccc(F)c2)C(C(=O)NC2CC(F)(F)C2)c2ccccc2Cl)NC1=O. The van der Waals surface area contributed by atoms with E-state index in [1.54, 1.807) is 19.1 Å². The first-order valence-corrected chi connectivity index (χ1v) is 12.6. The molecular weight excluding hydrogens is 541 g/mol. The summed E-state index contributed by atoms with van der Waals surface area (Å²) in [6.07, 6.45) is -1.13. The molecule has 2 aromatic carbocycles. The number of alkyl halides is 2. The molecular formula is C26H26ClF3N4O5. The van der Waals surface area contributed by atoms with Gasteiger partial charge in [0.15, 0.2) is 0 Å². The summed E-state index contributed by atoms with van der Waals surface area (Å²) in [4.78, 5) is 54.1. The molecule has 1 saturated heterocycles. The van der Waals surface area contributed by atoms with Gasteiger partial charge >= 0.3 is 12.0 Å². The zero-order valence-electron chi connectivity index (χ0n) is 20.8. The monoisotopic (exact) mass is 566 g/mol. The second kappa shape index (κ2) is 11.5. The minimum absolute atomic E-state index is 0.0305. The molecule has 2 aromatic rings. The van der Waals surface area contributed by atoms with Gasteiger partial charge in [0, 0.05) is 35.2 Å². The van der Waals surface area contributed by atoms with Crippen molar-refractivity contribution in [3.8, 4) is 0 Å². The summed E-state index contributed by atoms with van der Waals surface area (Å²) in [5, 5.41) is 5.12. The van der Waals surface area contributed by atoms with E-state index in [1.165, 1.54) is 24.3 Å². The average molecular weight is 567 g/mol. The maximum Gasteiger partial charge on any atom is 0.325 e. The van der Waals surface area contributed by atoms with Crippen molar-refractivity contribution >= 4 is 41.1 Å². The molecule has 0 spiro atoms. The lowest BCUT2D eigenvalue weighted by atomic mass is 9.87. The zero-order valence-corrected chi connectivity index (χ0v) is 21.6. The smallest absolute Gasteiger partial charge is 0.325 e. The number of urea groups is 1. The molecule has 1 saturated carbocycles. The molecule has 4 rings (SSSR count). The van der Waals surface area contributed by atoms with Gasteiger partial charge in [0.05, 0.1) is 13.2 Å². The van der Waals surface area contributed by atoms with E-state index in [-0.39, 0.29) is 29.4 Å². The fraction of sp³-hybridized carbons (Fsp3) is 0.385. The Labute approximate surface area is 227 Å². The predicted molar refractivity (Wildman–Crippen MR) is 135 cm³/mol. The lowest BCUT2D eigenvalue weighted by Gasteiger charge is -2.38. The van der Waals surface area contributed by atoms with Crippen LogP contribution in [0.2, 0.25) is 5.02 Å². The largest absolute Gasteiger partial charge is 0.465 e. The molecule has 13 heteroatoms. The number of benzene rings is 2. The van der Waals surface area contributed by atoms with Crippen molar-refractivity contribution in [1.29, 1.82) is 0 Å². The summed E-state index contributed by atoms with van der Waals surface area (Å²) in [7, 11) is 0. The predicted octanol–water partition coefficient (Wildman–Crippen LogP) is 3.42. The number of esters is 1. The van der Waals surface area contributed by atoms with E-state index in [1.807, 2.05) is 0 Å². The number of carbonyl (C=O) groups is 4. The van der Waals surface area contributed by atoms with Crippen LogP contribution < -0.4 is 15.5 Å². The maximum atomic E-state index is 14.3. The third-order valence-corrected chi connectivity index (χ3v) is 6.72. The molecule has 2 aliphatic rings. The van der Waals surface area contributed by atoms with E-state index in [0.717, 1.165) is 21.9 Å². The standard InChI is InChI=1S/C26H26ClF3N4O5/c1-2-39-21(35)14-33-13-20(32-25(33)38)24(37)34(17-7-5-6-15(28)10-17)22(18-8-3-4-9-19(18)27)23(36)31-16-11-26(29,30)12-16/h3-10,16,20,22H,2,11-14H2,1H3,(H,31,36)(H,32,38)/t20-,22?/m0/s1. The molecule has 4 amide bonds. The number of nitrogens with zero attached hydrogens (tertiary/aromatic N) is 2. The fourth-order valence-electron chi connectivity index (χ4n) is 4.56. The first kappa shape index (κ1) is 28.2. The molecule has 0 bridgehead atoms. The Morgan fingerprint density at radius 1 is 1.21 bits per heavy atom. The van der Waals surface area contributed by atoms with Gasteiger partial charge in [0.2, 0.25) is 5.91 Å². The van der Waals surface area contributed by atoms with Gasteiger partial charge < -0.3 is 20.3 Å². The number of hydrogen-bond acceptors (Lipinski definition) is 5. The molecule has 0 aromatic heterocycles. The van der Waals surface area contributed by atoms with Crippen LogP contribution in [0.25, 0.3) is 0 Å². The number of hydrogen-bond donors (Lipinski definition) is 2. The van der Waals surface area contributed by atoms with Crippen LogP contribution in [0.4, 0.5) is 23.7 Å². The van der Waals surface area contributed by atoms with Crippen molar-refractivity contribution in [3.63, 3.8) is 0 Å². The third kappa shape index (κ3) is 6.44. The zero-order chi connectivity index (χ0) is 28.3. The summed E-state index contributed by atoms with van der Waals surface area (Å²) < 4.78 is 46.2. The Bertz CT molecular complexity index is 1270. The Morgan fingerprint density at radius 3 is 2.56 bits per heavy atom. The molecule has 2 N–H and O–H groups in total. The molecule has 9 nitrogen and oxygen atoms in total. The topological polar surface area (TPSA) is 108 Å². The number of amides is 4. The highest BCUT2D eigenvalue weighted by Crippen LogP contribution is 2.39. The van der Waals surface area contributed by atoms with Gasteiger partial charge in [-0.25, -0.2) is 18.0 Å². The normalized spacial score (nSPS) is 19.1. The summed E-state index contributed by atoms with van der Waals surface area (Å²) in [6, 6.07) is 6.76. The van der Waals surface area contributed by atoms with Crippen LogP contribution in [0.15, 0.2) is 48.5 Å². The van der Waals surface area contributed by atoms with Crippen LogP contribution >= 0.6 is 11.6 Å². The van der Waals surface area contributed by atoms with E-state index < -0.39 is 73.1 Å². The van der Waals surface area contributed by atoms with E-state index >= 15 is 0 Å². The molecule has 1 unspecified atom stereocenters. The highest BCUT2D eigenvalue weighted by atomic mass is 35.5. The van der Waals surface area contributed by atoms with Gasteiger partial charge in [0.25, 0.3) is 11.8 Å². The Morgan fingerprint density at radius 2 is 1.92 bits per heavy atom. The van der Waals surface area contributed by atoms with Crippen LogP contribution in [0.5, 0.6) is 0 Å². The van der Waals surface area contributed by atoms with Crippen LogP contribution in [0.1, 0.15) is 31.4 Å². The molecule has 1 heterocycles. The number of anilines is 1. The third-order valence-electron chi connectivity index (χ3n) is 6.38. The summed E-state index contributed by atoms with van der Waals surface area (Å²) in [5.74, 6) is -5.91. The van der Waals surface area contributed by atoms with Crippen LogP contribution in [0.3, 0.4) is 0 Å². The minimum Gasteiger partial charge on any atom is -0.465 e. The first-order valence-electron chi connectivity index (χ1n) is 12.2. The van der Waals surface area contributed by atoms with Gasteiger partial charge in [-0.2, -0.15) is 0 Å². The second-order valence-electron chi connectivity index (χ2n) is 9.27. The molecule has 0 radical (unpaired) electrons. The fourth-order valence-corrected chi connectivity index (χ4v) is 4.80. The first-order chi connectivity index (χ1) is 18.5. The van der Waals surface area contributed by atoms with Crippen molar-refractivity contribution in [2.75, 3.05) is 24.6 Å². The molecule has 2 atom stereocenters. The number of rotatable bonds is 9. The van der Waals surface area contributed by atoms with Crippen molar-refractivity contribution < 1.29 is 37.1 Å². The lowest BCUT2D eigenvalue weighted by molar-refractivity contribution is -0.143. The van der Waals surface area contributed by atoms with Gasteiger partial charge in [-0.1, -0.05) is 35.9 Å². The molecule has 2 fully saturated rings. The summed E-state index contributed by atoms with van der Waals surface area (Å²) in [6.45, 7) is 1.06.